The first kappa shape index (κ1) is 13.9. The molecular formula is C16H23NO2. The molecule has 2 atom stereocenters. The molecule has 0 N–H and O–H groups in total. The number of ketones is 1. The van der Waals surface area contributed by atoms with Crippen molar-refractivity contribution in [3.63, 3.8) is 0 Å². The van der Waals surface area contributed by atoms with E-state index in [1.165, 1.54) is 0 Å². The van der Waals surface area contributed by atoms with Gasteiger partial charge in [-0.2, -0.15) is 0 Å². The Bertz CT molecular complexity index is 444. The highest BCUT2D eigenvalue weighted by atomic mass is 16.5. The maximum Gasteiger partial charge on any atom is 0.142 e. The summed E-state index contributed by atoms with van der Waals surface area (Å²) in [7, 11) is 3.71. The van der Waals surface area contributed by atoms with Crippen molar-refractivity contribution in [1.29, 1.82) is 0 Å². The molecule has 2 unspecified atom stereocenters. The fourth-order valence-corrected chi connectivity index (χ4v) is 2.88. The van der Waals surface area contributed by atoms with E-state index >= 15 is 0 Å². The number of benzene rings is 1. The van der Waals surface area contributed by atoms with Gasteiger partial charge >= 0.3 is 0 Å². The lowest BCUT2D eigenvalue weighted by atomic mass is 9.81. The van der Waals surface area contributed by atoms with Gasteiger partial charge in [-0.25, -0.2) is 0 Å². The summed E-state index contributed by atoms with van der Waals surface area (Å²) in [6, 6.07) is 7.95. The van der Waals surface area contributed by atoms with Crippen molar-refractivity contribution in [3.8, 4) is 5.75 Å². The number of hydrogen-bond acceptors (Lipinski definition) is 3. The van der Waals surface area contributed by atoms with Crippen LogP contribution in [-0.2, 0) is 4.79 Å². The van der Waals surface area contributed by atoms with Crippen LogP contribution < -0.4 is 9.64 Å². The molecule has 0 spiro atoms. The highest BCUT2D eigenvalue weighted by molar-refractivity contribution is 5.82. The summed E-state index contributed by atoms with van der Waals surface area (Å²) >= 11 is 0. The number of ether oxygens (including phenoxy) is 1. The second-order valence-electron chi connectivity index (χ2n) is 5.60. The smallest absolute Gasteiger partial charge is 0.142 e. The molecule has 0 aromatic heterocycles. The Kier molecular flexibility index (Phi) is 4.46. The second kappa shape index (κ2) is 6.09. The van der Waals surface area contributed by atoms with Gasteiger partial charge in [0.25, 0.3) is 0 Å². The first-order chi connectivity index (χ1) is 9.11. The highest BCUT2D eigenvalue weighted by Crippen LogP contribution is 2.31. The van der Waals surface area contributed by atoms with Gasteiger partial charge in [0, 0.05) is 25.9 Å². The first-order valence-corrected chi connectivity index (χ1v) is 6.98. The molecule has 3 nitrogen and oxygen atoms in total. The molecule has 0 saturated heterocycles. The Morgan fingerprint density at radius 2 is 2.11 bits per heavy atom. The molecule has 19 heavy (non-hydrogen) atoms. The van der Waals surface area contributed by atoms with Crippen LogP contribution in [0.5, 0.6) is 5.75 Å². The Morgan fingerprint density at radius 3 is 2.84 bits per heavy atom. The van der Waals surface area contributed by atoms with E-state index in [1.807, 2.05) is 31.3 Å². The van der Waals surface area contributed by atoms with E-state index in [0.717, 1.165) is 37.2 Å². The Balaban J connectivity index is 2.07. The maximum absolute atomic E-state index is 12.0. The van der Waals surface area contributed by atoms with Crippen molar-refractivity contribution in [2.45, 2.75) is 26.2 Å². The average Bonchev–Trinajstić information content (AvgIpc) is 2.42. The van der Waals surface area contributed by atoms with Crippen molar-refractivity contribution >= 4 is 11.5 Å². The molecule has 0 amide bonds. The number of nitrogens with zero attached hydrogens (tertiary/aromatic N) is 1. The molecule has 2 rings (SSSR count). The van der Waals surface area contributed by atoms with Gasteiger partial charge in [0.1, 0.15) is 11.5 Å². The minimum Gasteiger partial charge on any atom is -0.495 e. The predicted molar refractivity (Wildman–Crippen MR) is 77.8 cm³/mol. The van der Waals surface area contributed by atoms with E-state index in [1.54, 1.807) is 7.11 Å². The third kappa shape index (κ3) is 3.28. The largest absolute Gasteiger partial charge is 0.495 e. The summed E-state index contributed by atoms with van der Waals surface area (Å²) in [6.45, 7) is 3.02. The number of hydrogen-bond donors (Lipinski definition) is 0. The number of carbonyl (C=O) groups is 1. The fourth-order valence-electron chi connectivity index (χ4n) is 2.88. The van der Waals surface area contributed by atoms with Crippen molar-refractivity contribution in [3.05, 3.63) is 24.3 Å². The van der Waals surface area contributed by atoms with Crippen LogP contribution in [0.25, 0.3) is 0 Å². The van der Waals surface area contributed by atoms with Crippen molar-refractivity contribution < 1.29 is 9.53 Å². The molecule has 0 heterocycles. The fraction of sp³-hybridized carbons (Fsp3) is 0.562. The van der Waals surface area contributed by atoms with Gasteiger partial charge in [0.05, 0.1) is 12.8 Å². The molecule has 0 radical (unpaired) electrons. The van der Waals surface area contributed by atoms with Gasteiger partial charge in [0.15, 0.2) is 0 Å². The zero-order valence-corrected chi connectivity index (χ0v) is 12.1. The van der Waals surface area contributed by atoms with E-state index in [2.05, 4.69) is 11.8 Å². The van der Waals surface area contributed by atoms with Gasteiger partial charge in [-0.3, -0.25) is 4.79 Å². The summed E-state index contributed by atoms with van der Waals surface area (Å²) in [4.78, 5) is 14.1. The first-order valence-electron chi connectivity index (χ1n) is 6.98. The standard InChI is InChI=1S/C16H23NO2/c1-12-8-9-15(18)13(10-12)11-17(2)14-6-4-5-7-16(14)19-3/h4-7,12-13H,8-11H2,1-3H3. The van der Waals surface area contributed by atoms with Gasteiger partial charge in [-0.15, -0.1) is 0 Å². The lowest BCUT2D eigenvalue weighted by Gasteiger charge is -2.30. The second-order valence-corrected chi connectivity index (χ2v) is 5.60. The van der Waals surface area contributed by atoms with E-state index in [0.29, 0.717) is 11.7 Å². The number of para-hydroxylation sites is 2. The van der Waals surface area contributed by atoms with Crippen LogP contribution >= 0.6 is 0 Å². The van der Waals surface area contributed by atoms with Crippen molar-refractivity contribution in [1.82, 2.24) is 0 Å². The highest BCUT2D eigenvalue weighted by Gasteiger charge is 2.27. The molecule has 1 aromatic rings. The van der Waals surface area contributed by atoms with E-state index in [-0.39, 0.29) is 5.92 Å². The van der Waals surface area contributed by atoms with Crippen LogP contribution in [0.3, 0.4) is 0 Å². The molecule has 104 valence electrons. The number of carbonyl (C=O) groups excluding carboxylic acids is 1. The van der Waals surface area contributed by atoms with E-state index in [4.69, 9.17) is 4.74 Å². The lowest BCUT2D eigenvalue weighted by Crippen LogP contribution is -2.34. The summed E-state index contributed by atoms with van der Waals surface area (Å²) in [5.41, 5.74) is 1.05. The third-order valence-corrected chi connectivity index (χ3v) is 4.02. The summed E-state index contributed by atoms with van der Waals surface area (Å²) < 4.78 is 5.38. The third-order valence-electron chi connectivity index (χ3n) is 4.02. The lowest BCUT2D eigenvalue weighted by molar-refractivity contribution is -0.125. The topological polar surface area (TPSA) is 29.5 Å². The number of Topliss-reactive ketones (excluding diaryl/α,β-unsaturated/α-hetero) is 1. The number of anilines is 1. The molecular weight excluding hydrogens is 238 g/mol. The molecule has 1 aromatic carbocycles. The minimum absolute atomic E-state index is 0.165. The zero-order valence-electron chi connectivity index (χ0n) is 12.1. The Hall–Kier alpha value is -1.51. The number of rotatable bonds is 4. The minimum atomic E-state index is 0.165. The molecule has 1 saturated carbocycles. The average molecular weight is 261 g/mol. The monoisotopic (exact) mass is 261 g/mol. The van der Waals surface area contributed by atoms with Crippen molar-refractivity contribution in [2.75, 3.05) is 25.6 Å². The molecule has 1 aliphatic rings. The van der Waals surface area contributed by atoms with Crippen LogP contribution in [0.1, 0.15) is 26.2 Å². The normalized spacial score (nSPS) is 23.2. The van der Waals surface area contributed by atoms with Crippen LogP contribution in [0.15, 0.2) is 24.3 Å². The summed E-state index contributed by atoms with van der Waals surface area (Å²) in [5.74, 6) is 2.11. The van der Waals surface area contributed by atoms with Crippen LogP contribution in [0.4, 0.5) is 5.69 Å². The van der Waals surface area contributed by atoms with E-state index in [9.17, 15) is 4.79 Å². The van der Waals surface area contributed by atoms with Crippen LogP contribution in [0.2, 0.25) is 0 Å². The van der Waals surface area contributed by atoms with Crippen molar-refractivity contribution in [2.24, 2.45) is 11.8 Å². The summed E-state index contributed by atoms with van der Waals surface area (Å²) in [5, 5.41) is 0. The van der Waals surface area contributed by atoms with Crippen LogP contribution in [-0.4, -0.2) is 26.5 Å². The van der Waals surface area contributed by atoms with Gasteiger partial charge in [-0.05, 0) is 30.9 Å². The predicted octanol–water partition coefficient (Wildman–Crippen LogP) is 3.14. The van der Waals surface area contributed by atoms with Crippen LogP contribution in [0, 0.1) is 11.8 Å². The maximum atomic E-state index is 12.0. The molecule has 1 fully saturated rings. The van der Waals surface area contributed by atoms with Gasteiger partial charge in [0.2, 0.25) is 0 Å². The SMILES string of the molecule is COc1ccccc1N(C)CC1CC(C)CCC1=O. The van der Waals surface area contributed by atoms with Gasteiger partial charge < -0.3 is 9.64 Å². The summed E-state index contributed by atoms with van der Waals surface area (Å²) in [6.07, 6.45) is 2.80. The Morgan fingerprint density at radius 1 is 1.37 bits per heavy atom. The molecule has 0 aliphatic heterocycles. The van der Waals surface area contributed by atoms with Gasteiger partial charge in [-0.1, -0.05) is 19.1 Å². The molecule has 1 aliphatic carbocycles. The Labute approximate surface area is 115 Å². The van der Waals surface area contributed by atoms with E-state index < -0.39 is 0 Å². The zero-order chi connectivity index (χ0) is 13.8. The molecule has 0 bridgehead atoms. The quantitative estimate of drug-likeness (QED) is 0.834. The molecule has 3 heteroatoms. The number of methoxy groups -OCH3 is 1.